The summed E-state index contributed by atoms with van der Waals surface area (Å²) < 4.78 is 1.17. The van der Waals surface area contributed by atoms with Gasteiger partial charge in [-0.15, -0.1) is 11.3 Å². The Bertz CT molecular complexity index is 1050. The number of rotatable bonds is 4. The largest absolute Gasteiger partial charge is 0.508 e. The summed E-state index contributed by atoms with van der Waals surface area (Å²) in [5, 5.41) is 21.8. The minimum atomic E-state index is -0.0926. The number of hydrogen-bond donors (Lipinski definition) is 1. The third-order valence-corrected chi connectivity index (χ3v) is 6.09. The molecule has 0 radical (unpaired) electrons. The molecule has 0 amide bonds. The summed E-state index contributed by atoms with van der Waals surface area (Å²) in [6, 6.07) is 23.3. The van der Waals surface area contributed by atoms with Gasteiger partial charge in [0.25, 0.3) is 0 Å². The molecule has 0 aliphatic heterocycles. The highest BCUT2D eigenvalue weighted by Crippen LogP contribution is 2.37. The summed E-state index contributed by atoms with van der Waals surface area (Å²) in [4.78, 5) is 4.69. The zero-order chi connectivity index (χ0) is 17.9. The van der Waals surface area contributed by atoms with Crippen LogP contribution in [0.2, 0.25) is 0 Å². The van der Waals surface area contributed by atoms with E-state index in [1.54, 1.807) is 23.5 Å². The smallest absolute Gasteiger partial charge is 0.134 e. The molecule has 0 saturated carbocycles. The summed E-state index contributed by atoms with van der Waals surface area (Å²) in [6.45, 7) is 0. The first kappa shape index (κ1) is 16.6. The molecule has 1 atom stereocenters. The first-order chi connectivity index (χ1) is 12.7. The molecular weight excluding hydrogens is 360 g/mol. The molecule has 4 rings (SSSR count). The highest BCUT2D eigenvalue weighted by molar-refractivity contribution is 8.04. The number of phenolic OH excluding ortho intramolecular Hbond substituents is 1. The van der Waals surface area contributed by atoms with Crippen molar-refractivity contribution in [3.8, 4) is 21.7 Å². The van der Waals surface area contributed by atoms with Crippen LogP contribution in [0.25, 0.3) is 20.8 Å². The lowest BCUT2D eigenvalue weighted by Crippen LogP contribution is -1.95. The number of para-hydroxylation sites is 1. The number of benzene rings is 3. The maximum atomic E-state index is 9.48. The van der Waals surface area contributed by atoms with E-state index in [1.165, 1.54) is 16.5 Å². The van der Waals surface area contributed by atoms with Crippen LogP contribution < -0.4 is 0 Å². The number of phenols is 1. The number of nitrogens with zero attached hydrogens (tertiary/aromatic N) is 2. The van der Waals surface area contributed by atoms with Crippen LogP contribution in [0.4, 0.5) is 0 Å². The second-order valence-electron chi connectivity index (χ2n) is 5.79. The van der Waals surface area contributed by atoms with Crippen LogP contribution in [0.5, 0.6) is 5.75 Å². The van der Waals surface area contributed by atoms with Gasteiger partial charge in [0, 0.05) is 5.56 Å². The average molecular weight is 374 g/mol. The van der Waals surface area contributed by atoms with E-state index < -0.39 is 0 Å². The van der Waals surface area contributed by atoms with E-state index in [2.05, 4.69) is 23.6 Å². The van der Waals surface area contributed by atoms with Crippen LogP contribution in [0.1, 0.15) is 16.4 Å². The minimum Gasteiger partial charge on any atom is -0.508 e. The van der Waals surface area contributed by atoms with Gasteiger partial charge < -0.3 is 5.11 Å². The lowest BCUT2D eigenvalue weighted by atomic mass is 10.0. The van der Waals surface area contributed by atoms with Crippen molar-refractivity contribution in [2.45, 2.75) is 5.25 Å². The Balaban J connectivity index is 1.67. The maximum absolute atomic E-state index is 9.48. The second kappa shape index (κ2) is 7.20. The number of thiazole rings is 1. The Kier molecular flexibility index (Phi) is 4.61. The molecular formula is C21H14N2OS2. The lowest BCUT2D eigenvalue weighted by molar-refractivity contribution is 0.475. The Labute approximate surface area is 159 Å². The lowest BCUT2D eigenvalue weighted by Gasteiger charge is -2.14. The third-order valence-electron chi connectivity index (χ3n) is 4.12. The fourth-order valence-corrected chi connectivity index (χ4v) is 4.49. The van der Waals surface area contributed by atoms with E-state index in [9.17, 15) is 10.4 Å². The standard InChI is InChI=1S/C21H14N2OS2/c22-13-25-20(15-9-11-17(24)12-10-15)14-5-7-16(8-6-14)21-23-18-3-1-2-4-19(18)26-21/h1-12,20,24H. The van der Waals surface area contributed by atoms with Gasteiger partial charge in [0.15, 0.2) is 0 Å². The minimum absolute atomic E-state index is 0.0926. The van der Waals surface area contributed by atoms with E-state index in [4.69, 9.17) is 4.98 Å². The topological polar surface area (TPSA) is 56.9 Å². The highest BCUT2D eigenvalue weighted by Gasteiger charge is 2.16. The van der Waals surface area contributed by atoms with Crippen molar-refractivity contribution in [2.75, 3.05) is 0 Å². The van der Waals surface area contributed by atoms with Crippen LogP contribution in [-0.2, 0) is 0 Å². The van der Waals surface area contributed by atoms with Crippen molar-refractivity contribution >= 4 is 33.3 Å². The van der Waals surface area contributed by atoms with Crippen molar-refractivity contribution in [2.24, 2.45) is 0 Å². The van der Waals surface area contributed by atoms with Gasteiger partial charge in [-0.2, -0.15) is 5.26 Å². The fourth-order valence-electron chi connectivity index (χ4n) is 2.83. The van der Waals surface area contributed by atoms with E-state index in [-0.39, 0.29) is 11.0 Å². The van der Waals surface area contributed by atoms with Gasteiger partial charge in [-0.3, -0.25) is 0 Å². The van der Waals surface area contributed by atoms with Crippen molar-refractivity contribution in [1.82, 2.24) is 4.98 Å². The quantitative estimate of drug-likeness (QED) is 0.447. The fraction of sp³-hybridized carbons (Fsp3) is 0.0476. The summed E-state index contributed by atoms with van der Waals surface area (Å²) >= 11 is 2.88. The number of thioether (sulfide) groups is 1. The van der Waals surface area contributed by atoms with Gasteiger partial charge in [0.1, 0.15) is 16.2 Å². The molecule has 0 bridgehead atoms. The molecule has 1 aromatic heterocycles. The molecule has 126 valence electrons. The molecule has 5 heteroatoms. The Morgan fingerprint density at radius 3 is 2.23 bits per heavy atom. The van der Waals surface area contributed by atoms with Gasteiger partial charge in [-0.25, -0.2) is 4.98 Å². The average Bonchev–Trinajstić information content (AvgIpc) is 3.11. The molecule has 0 spiro atoms. The van der Waals surface area contributed by atoms with Crippen molar-refractivity contribution < 1.29 is 5.11 Å². The summed E-state index contributed by atoms with van der Waals surface area (Å²) in [5.41, 5.74) is 4.12. The van der Waals surface area contributed by atoms with Gasteiger partial charge in [-0.05, 0) is 47.2 Å². The normalized spacial score (nSPS) is 12.0. The van der Waals surface area contributed by atoms with E-state index in [0.29, 0.717) is 0 Å². The van der Waals surface area contributed by atoms with Gasteiger partial charge in [0.2, 0.25) is 0 Å². The van der Waals surface area contributed by atoms with Crippen LogP contribution >= 0.6 is 23.1 Å². The monoisotopic (exact) mass is 374 g/mol. The number of hydrogen-bond acceptors (Lipinski definition) is 5. The number of aromatic hydroxyl groups is 1. The Morgan fingerprint density at radius 2 is 1.58 bits per heavy atom. The van der Waals surface area contributed by atoms with Crippen LogP contribution in [0.3, 0.4) is 0 Å². The van der Waals surface area contributed by atoms with E-state index >= 15 is 0 Å². The van der Waals surface area contributed by atoms with Crippen LogP contribution in [0.15, 0.2) is 72.8 Å². The number of aromatic nitrogens is 1. The van der Waals surface area contributed by atoms with E-state index in [0.717, 1.165) is 27.2 Å². The maximum Gasteiger partial charge on any atom is 0.134 e. The van der Waals surface area contributed by atoms with Crippen molar-refractivity contribution in [3.05, 3.63) is 83.9 Å². The zero-order valence-corrected chi connectivity index (χ0v) is 15.3. The van der Waals surface area contributed by atoms with Crippen LogP contribution in [0, 0.1) is 10.7 Å². The van der Waals surface area contributed by atoms with Crippen molar-refractivity contribution in [3.63, 3.8) is 0 Å². The molecule has 1 heterocycles. The summed E-state index contributed by atoms with van der Waals surface area (Å²) in [7, 11) is 0. The number of thiocyanates is 1. The molecule has 1 unspecified atom stereocenters. The third kappa shape index (κ3) is 3.30. The summed E-state index contributed by atoms with van der Waals surface area (Å²) in [6.07, 6.45) is 0. The van der Waals surface area contributed by atoms with Crippen LogP contribution in [-0.4, -0.2) is 10.1 Å². The van der Waals surface area contributed by atoms with Crippen molar-refractivity contribution in [1.29, 1.82) is 5.26 Å². The molecule has 1 N–H and O–H groups in total. The zero-order valence-electron chi connectivity index (χ0n) is 13.7. The SMILES string of the molecule is N#CSC(c1ccc(O)cc1)c1ccc(-c2nc3ccccc3s2)cc1. The van der Waals surface area contributed by atoms with Gasteiger partial charge >= 0.3 is 0 Å². The number of fused-ring (bicyclic) bond motifs is 1. The number of nitriles is 1. The first-order valence-corrected chi connectivity index (χ1v) is 9.74. The molecule has 3 aromatic carbocycles. The molecule has 0 aliphatic carbocycles. The first-order valence-electron chi connectivity index (χ1n) is 8.04. The molecule has 3 nitrogen and oxygen atoms in total. The molecule has 26 heavy (non-hydrogen) atoms. The predicted octanol–water partition coefficient (Wildman–Crippen LogP) is 5.97. The molecule has 0 fully saturated rings. The molecule has 0 aliphatic rings. The Morgan fingerprint density at radius 1 is 0.923 bits per heavy atom. The predicted molar refractivity (Wildman–Crippen MR) is 108 cm³/mol. The molecule has 4 aromatic rings. The highest BCUT2D eigenvalue weighted by atomic mass is 32.2. The van der Waals surface area contributed by atoms with Gasteiger partial charge in [-0.1, -0.05) is 48.5 Å². The molecule has 0 saturated heterocycles. The second-order valence-corrected chi connectivity index (χ2v) is 7.71. The van der Waals surface area contributed by atoms with Gasteiger partial charge in [0.05, 0.1) is 15.5 Å². The summed E-state index contributed by atoms with van der Waals surface area (Å²) in [5.74, 6) is 0.223. The van der Waals surface area contributed by atoms with E-state index in [1.807, 2.05) is 42.5 Å². The Hall–Kier alpha value is -2.81.